The molecule has 162 valence electrons. The fourth-order valence-corrected chi connectivity index (χ4v) is 6.99. The normalized spacial score (nSPS) is 27.5. The van der Waals surface area contributed by atoms with Gasteiger partial charge in [0.15, 0.2) is 0 Å². The van der Waals surface area contributed by atoms with Gasteiger partial charge in [0.05, 0.1) is 18.0 Å². The maximum absolute atomic E-state index is 6.02. The molecule has 31 heavy (non-hydrogen) atoms. The predicted molar refractivity (Wildman–Crippen MR) is 126 cm³/mol. The van der Waals surface area contributed by atoms with Crippen LogP contribution in [0.1, 0.15) is 41.9 Å². The third-order valence-corrected chi connectivity index (χ3v) is 8.76. The van der Waals surface area contributed by atoms with Crippen LogP contribution in [0, 0.1) is 5.41 Å². The molecular weight excluding hydrogens is 382 g/mol. The average Bonchev–Trinajstić information content (AvgIpc) is 3.22. The summed E-state index contributed by atoms with van der Waals surface area (Å²) in [5.41, 5.74) is 7.96. The number of ether oxygens (including phenoxy) is 1. The van der Waals surface area contributed by atoms with Crippen molar-refractivity contribution in [2.45, 2.75) is 44.1 Å². The van der Waals surface area contributed by atoms with E-state index in [-0.39, 0.29) is 0 Å². The fraction of sp³-hybridized carbons (Fsp3) is 0.556. The Hall–Kier alpha value is -2.20. The van der Waals surface area contributed by atoms with Crippen molar-refractivity contribution in [3.05, 3.63) is 53.1 Å². The van der Waals surface area contributed by atoms with E-state index in [4.69, 9.17) is 4.74 Å². The lowest BCUT2D eigenvalue weighted by atomic mass is 9.87. The van der Waals surface area contributed by atoms with Crippen LogP contribution in [0.5, 0.6) is 5.75 Å². The lowest BCUT2D eigenvalue weighted by molar-refractivity contribution is 0.159. The highest BCUT2D eigenvalue weighted by atomic mass is 16.5. The molecule has 0 radical (unpaired) electrons. The van der Waals surface area contributed by atoms with E-state index in [0.29, 0.717) is 17.4 Å². The molecule has 5 aliphatic rings. The van der Waals surface area contributed by atoms with Gasteiger partial charge in [-0.05, 0) is 53.9 Å². The van der Waals surface area contributed by atoms with Gasteiger partial charge >= 0.3 is 0 Å². The Labute approximate surface area is 185 Å². The van der Waals surface area contributed by atoms with E-state index in [0.717, 1.165) is 19.6 Å². The summed E-state index contributed by atoms with van der Waals surface area (Å²) in [4.78, 5) is 8.01. The van der Waals surface area contributed by atoms with Gasteiger partial charge in [-0.1, -0.05) is 30.3 Å². The molecule has 2 aromatic carbocycles. The van der Waals surface area contributed by atoms with E-state index in [1.54, 1.807) is 11.3 Å². The van der Waals surface area contributed by atoms with Gasteiger partial charge in [-0.3, -0.25) is 0 Å². The van der Waals surface area contributed by atoms with Crippen molar-refractivity contribution in [3.8, 4) is 5.75 Å². The number of hydrogen-bond acceptors (Lipinski definition) is 4. The van der Waals surface area contributed by atoms with Crippen molar-refractivity contribution in [2.75, 3.05) is 56.2 Å². The molecule has 2 fully saturated rings. The number of likely N-dealkylation sites (N-methyl/N-ethyl adjacent to an activating group) is 1. The Morgan fingerprint density at radius 1 is 1.06 bits per heavy atom. The minimum Gasteiger partial charge on any atom is -0.493 e. The van der Waals surface area contributed by atoms with Crippen molar-refractivity contribution in [1.29, 1.82) is 0 Å². The first-order valence-corrected chi connectivity index (χ1v) is 12.3. The molecule has 0 unspecified atom stereocenters. The highest BCUT2D eigenvalue weighted by Gasteiger charge is 2.48. The Bertz CT molecular complexity index is 1030. The maximum Gasteiger partial charge on any atom is 0.125 e. The molecule has 4 heteroatoms. The minimum absolute atomic E-state index is 0.477. The van der Waals surface area contributed by atoms with Crippen molar-refractivity contribution in [3.63, 3.8) is 0 Å². The Balaban J connectivity index is 1.11. The first-order chi connectivity index (χ1) is 15.2. The predicted octanol–water partition coefficient (Wildman–Crippen LogP) is 4.07. The Morgan fingerprint density at radius 2 is 1.97 bits per heavy atom. The third kappa shape index (κ3) is 2.83. The van der Waals surface area contributed by atoms with Gasteiger partial charge < -0.3 is 19.4 Å². The highest BCUT2D eigenvalue weighted by Crippen LogP contribution is 2.53. The van der Waals surface area contributed by atoms with Gasteiger partial charge in [-0.25, -0.2) is 0 Å². The van der Waals surface area contributed by atoms with E-state index in [9.17, 15) is 0 Å². The van der Waals surface area contributed by atoms with E-state index in [1.807, 2.05) is 0 Å². The smallest absolute Gasteiger partial charge is 0.125 e. The second-order valence-electron chi connectivity index (χ2n) is 10.7. The first-order valence-electron chi connectivity index (χ1n) is 12.3. The monoisotopic (exact) mass is 415 g/mol. The molecule has 0 spiro atoms. The number of anilines is 2. The van der Waals surface area contributed by atoms with Gasteiger partial charge in [0.2, 0.25) is 0 Å². The number of piperidine rings is 1. The molecule has 7 rings (SSSR count). The second kappa shape index (κ2) is 6.65. The standard InChI is InChI=1S/C27H33N3O/c1-28-13-14-30-23-8-12-29(17-22(23)21-6-3-7-24(28)25(21)30)18-27(10-11-27)16-20-5-2-4-19-9-15-31-26(19)20/h2-7,22-23H,8-18H2,1H3/t22-,23-/m0/s1. The molecule has 2 atom stereocenters. The van der Waals surface area contributed by atoms with Gasteiger partial charge in [-0.15, -0.1) is 0 Å². The fourth-order valence-electron chi connectivity index (χ4n) is 6.99. The van der Waals surface area contributed by atoms with Crippen LogP contribution >= 0.6 is 0 Å². The summed E-state index contributed by atoms with van der Waals surface area (Å²) in [6.07, 6.45) is 6.33. The van der Waals surface area contributed by atoms with E-state index in [1.165, 1.54) is 74.4 Å². The number of nitrogens with zero attached hydrogens (tertiary/aromatic N) is 3. The van der Waals surface area contributed by atoms with E-state index < -0.39 is 0 Å². The quantitative estimate of drug-likeness (QED) is 0.749. The van der Waals surface area contributed by atoms with Crippen molar-refractivity contribution >= 4 is 11.4 Å². The van der Waals surface area contributed by atoms with E-state index >= 15 is 0 Å². The number of benzene rings is 2. The van der Waals surface area contributed by atoms with Crippen LogP contribution in [0.4, 0.5) is 11.4 Å². The summed E-state index contributed by atoms with van der Waals surface area (Å²) in [7, 11) is 2.25. The Morgan fingerprint density at radius 3 is 2.87 bits per heavy atom. The molecule has 0 amide bonds. The van der Waals surface area contributed by atoms with Crippen molar-refractivity contribution in [2.24, 2.45) is 5.41 Å². The summed E-state index contributed by atoms with van der Waals surface area (Å²) < 4.78 is 6.02. The summed E-state index contributed by atoms with van der Waals surface area (Å²) >= 11 is 0. The summed E-state index contributed by atoms with van der Waals surface area (Å²) in [5, 5.41) is 0. The zero-order valence-corrected chi connectivity index (χ0v) is 18.6. The molecule has 0 aromatic heterocycles. The molecule has 0 N–H and O–H groups in total. The number of rotatable bonds is 4. The summed E-state index contributed by atoms with van der Waals surface area (Å²) in [6.45, 7) is 6.94. The maximum atomic E-state index is 6.02. The van der Waals surface area contributed by atoms with Crippen LogP contribution < -0.4 is 14.5 Å². The summed E-state index contributed by atoms with van der Waals surface area (Å²) in [5.74, 6) is 1.89. The topological polar surface area (TPSA) is 19.0 Å². The Kier molecular flexibility index (Phi) is 3.94. The lowest BCUT2D eigenvalue weighted by Crippen LogP contribution is -2.50. The van der Waals surface area contributed by atoms with Gasteiger partial charge in [-0.2, -0.15) is 0 Å². The minimum atomic E-state index is 0.477. The molecule has 1 saturated carbocycles. The van der Waals surface area contributed by atoms with Crippen LogP contribution in [0.25, 0.3) is 0 Å². The number of hydrogen-bond donors (Lipinski definition) is 0. The molecule has 1 aliphatic carbocycles. The SMILES string of the molecule is CN1CCN2c3c(cccc31)[C@@H]1CN(CC3(Cc4cccc5c4OCC5)CC3)CC[C@@H]12. The van der Waals surface area contributed by atoms with Crippen LogP contribution in [-0.2, 0) is 12.8 Å². The molecule has 0 bridgehead atoms. The second-order valence-corrected chi connectivity index (χ2v) is 10.7. The highest BCUT2D eigenvalue weighted by molar-refractivity contribution is 5.80. The lowest BCUT2D eigenvalue weighted by Gasteiger charge is -2.42. The molecule has 2 aromatic rings. The summed E-state index contributed by atoms with van der Waals surface area (Å²) in [6, 6.07) is 14.5. The van der Waals surface area contributed by atoms with E-state index in [2.05, 4.69) is 58.1 Å². The van der Waals surface area contributed by atoms with Crippen molar-refractivity contribution in [1.82, 2.24) is 4.90 Å². The number of para-hydroxylation sites is 2. The average molecular weight is 416 g/mol. The van der Waals surface area contributed by atoms with Crippen LogP contribution in [0.15, 0.2) is 36.4 Å². The van der Waals surface area contributed by atoms with Crippen LogP contribution in [0.2, 0.25) is 0 Å². The van der Waals surface area contributed by atoms with Crippen molar-refractivity contribution < 1.29 is 4.74 Å². The third-order valence-electron chi connectivity index (χ3n) is 8.76. The zero-order valence-electron chi connectivity index (χ0n) is 18.6. The zero-order chi connectivity index (χ0) is 20.6. The van der Waals surface area contributed by atoms with Gasteiger partial charge in [0.1, 0.15) is 5.75 Å². The molecule has 4 heterocycles. The molecule has 4 nitrogen and oxygen atoms in total. The van der Waals surface area contributed by atoms with Crippen LogP contribution in [0.3, 0.4) is 0 Å². The van der Waals surface area contributed by atoms with Gasteiger partial charge in [0, 0.05) is 58.2 Å². The molecule has 4 aliphatic heterocycles. The van der Waals surface area contributed by atoms with Crippen LogP contribution in [-0.4, -0.2) is 57.3 Å². The number of fused-ring (bicyclic) bond motifs is 4. The first kappa shape index (κ1) is 18.4. The molecule has 1 saturated heterocycles. The molecular formula is C27H33N3O. The van der Waals surface area contributed by atoms with Gasteiger partial charge in [0.25, 0.3) is 0 Å². The largest absolute Gasteiger partial charge is 0.493 e. The number of likely N-dealkylation sites (tertiary alicyclic amines) is 1.